The number of carbonyl (C=O) groups excluding carboxylic acids is 3. The van der Waals surface area contributed by atoms with Crippen molar-refractivity contribution in [2.45, 2.75) is 45.4 Å². The molecule has 0 saturated carbocycles. The predicted octanol–water partition coefficient (Wildman–Crippen LogP) is 3.13. The van der Waals surface area contributed by atoms with E-state index in [1.54, 1.807) is 6.08 Å². The van der Waals surface area contributed by atoms with Crippen LogP contribution in [-0.2, 0) is 9.59 Å². The first-order valence-corrected chi connectivity index (χ1v) is 7.78. The fraction of sp³-hybridized carbons (Fsp3) is 0.588. The average molecular weight is 306 g/mol. The third kappa shape index (κ3) is 3.46. The van der Waals surface area contributed by atoms with Gasteiger partial charge < -0.3 is 0 Å². The number of rotatable bonds is 8. The van der Waals surface area contributed by atoms with Gasteiger partial charge in [0.25, 0.3) is 0 Å². The molecule has 1 fully saturated rings. The van der Waals surface area contributed by atoms with Crippen LogP contribution in [0.25, 0.3) is 0 Å². The minimum absolute atomic E-state index is 0.228. The van der Waals surface area contributed by atoms with Gasteiger partial charge in [-0.25, -0.2) is 4.79 Å². The van der Waals surface area contributed by atoms with Gasteiger partial charge in [-0.3, -0.25) is 19.4 Å². The molecule has 1 rings (SSSR count). The van der Waals surface area contributed by atoms with Crippen LogP contribution in [0.4, 0.5) is 4.79 Å². The average Bonchev–Trinajstić information content (AvgIpc) is 2.52. The number of barbiturate groups is 1. The highest BCUT2D eigenvalue weighted by molar-refractivity contribution is 6.18. The molecule has 4 amide bonds. The van der Waals surface area contributed by atoms with Crippen molar-refractivity contribution in [2.24, 2.45) is 5.41 Å². The lowest BCUT2D eigenvalue weighted by atomic mass is 9.77. The maximum absolute atomic E-state index is 12.5. The Morgan fingerprint density at radius 1 is 1.00 bits per heavy atom. The topological polar surface area (TPSA) is 57.7 Å². The summed E-state index contributed by atoms with van der Waals surface area (Å²) in [5.74, 6) is -0.891. The van der Waals surface area contributed by atoms with Gasteiger partial charge in [0.05, 0.1) is 0 Å². The first-order valence-electron chi connectivity index (χ1n) is 7.78. The van der Waals surface area contributed by atoms with Crippen molar-refractivity contribution in [2.75, 3.05) is 14.1 Å². The lowest BCUT2D eigenvalue weighted by molar-refractivity contribution is -0.156. The molecule has 5 heteroatoms. The minimum Gasteiger partial charge on any atom is -0.273 e. The summed E-state index contributed by atoms with van der Waals surface area (Å²) in [7, 11) is 2.83. The number of hydrogen-bond acceptors (Lipinski definition) is 3. The number of nitrogens with zero attached hydrogens (tertiary/aromatic N) is 2. The standard InChI is InChI=1S/C17H26N2O3/c1-5-7-8-9-10-11-13-17(12-6-2)14(20)18(3)16(22)19(4)15(17)21/h6,10-11H,2,5,7-9,12-13H2,1,3-4H3. The van der Waals surface area contributed by atoms with Gasteiger partial charge in [0, 0.05) is 14.1 Å². The van der Waals surface area contributed by atoms with E-state index in [1.807, 2.05) is 12.2 Å². The summed E-state index contributed by atoms with van der Waals surface area (Å²) >= 11 is 0. The number of amides is 4. The lowest BCUT2D eigenvalue weighted by Crippen LogP contribution is -2.62. The molecule has 0 aromatic carbocycles. The Kier molecular flexibility index (Phi) is 6.53. The molecule has 5 nitrogen and oxygen atoms in total. The summed E-state index contributed by atoms with van der Waals surface area (Å²) in [6.07, 6.45) is 10.3. The van der Waals surface area contributed by atoms with E-state index < -0.39 is 23.3 Å². The molecule has 0 aromatic heterocycles. The molecular weight excluding hydrogens is 280 g/mol. The predicted molar refractivity (Wildman–Crippen MR) is 86.1 cm³/mol. The molecule has 0 radical (unpaired) electrons. The second-order valence-electron chi connectivity index (χ2n) is 5.76. The molecule has 0 spiro atoms. The van der Waals surface area contributed by atoms with Crippen molar-refractivity contribution in [3.8, 4) is 0 Å². The number of imide groups is 2. The molecule has 122 valence electrons. The monoisotopic (exact) mass is 306 g/mol. The Morgan fingerprint density at radius 3 is 2.09 bits per heavy atom. The van der Waals surface area contributed by atoms with E-state index in [0.717, 1.165) is 29.1 Å². The van der Waals surface area contributed by atoms with Crippen LogP contribution in [0.1, 0.15) is 45.4 Å². The smallest absolute Gasteiger partial charge is 0.273 e. The zero-order chi connectivity index (χ0) is 16.8. The van der Waals surface area contributed by atoms with Crippen molar-refractivity contribution in [1.29, 1.82) is 0 Å². The normalized spacial score (nSPS) is 18.4. The molecule has 1 saturated heterocycles. The first kappa shape index (κ1) is 18.1. The molecule has 0 atom stereocenters. The SMILES string of the molecule is C=CCC1(CC=CCCCCC)C(=O)N(C)C(=O)N(C)C1=O. The lowest BCUT2D eigenvalue weighted by Gasteiger charge is -2.40. The van der Waals surface area contributed by atoms with Crippen LogP contribution in [0.3, 0.4) is 0 Å². The minimum atomic E-state index is -1.24. The fourth-order valence-corrected chi connectivity index (χ4v) is 2.73. The summed E-state index contributed by atoms with van der Waals surface area (Å²) in [5, 5.41) is 0. The third-order valence-corrected chi connectivity index (χ3v) is 4.10. The van der Waals surface area contributed by atoms with Crippen molar-refractivity contribution in [3.63, 3.8) is 0 Å². The number of unbranched alkanes of at least 4 members (excludes halogenated alkanes) is 3. The van der Waals surface area contributed by atoms with Gasteiger partial charge in [-0.15, -0.1) is 6.58 Å². The zero-order valence-corrected chi connectivity index (χ0v) is 13.8. The number of urea groups is 1. The quantitative estimate of drug-likeness (QED) is 0.393. The van der Waals surface area contributed by atoms with E-state index in [0.29, 0.717) is 6.42 Å². The van der Waals surface area contributed by atoms with Gasteiger partial charge in [-0.1, -0.05) is 38.0 Å². The van der Waals surface area contributed by atoms with Crippen LogP contribution in [0, 0.1) is 5.41 Å². The van der Waals surface area contributed by atoms with E-state index in [1.165, 1.54) is 20.5 Å². The number of hydrogen-bond donors (Lipinski definition) is 0. The van der Waals surface area contributed by atoms with E-state index in [4.69, 9.17) is 0 Å². The van der Waals surface area contributed by atoms with Gasteiger partial charge in [0.15, 0.2) is 0 Å². The summed E-state index contributed by atoms with van der Waals surface area (Å²) in [4.78, 5) is 39.0. The van der Waals surface area contributed by atoms with Crippen LogP contribution >= 0.6 is 0 Å². The van der Waals surface area contributed by atoms with Crippen molar-refractivity contribution >= 4 is 17.8 Å². The van der Waals surface area contributed by atoms with E-state index in [9.17, 15) is 14.4 Å². The Balaban J connectivity index is 2.93. The molecule has 0 N–H and O–H groups in total. The van der Waals surface area contributed by atoms with Gasteiger partial charge >= 0.3 is 6.03 Å². The molecular formula is C17H26N2O3. The molecule has 0 aromatic rings. The summed E-state index contributed by atoms with van der Waals surface area (Å²) in [6, 6.07) is -0.582. The molecule has 1 heterocycles. The summed E-state index contributed by atoms with van der Waals surface area (Å²) in [6.45, 7) is 5.80. The second kappa shape index (κ2) is 7.92. The maximum Gasteiger partial charge on any atom is 0.332 e. The van der Waals surface area contributed by atoms with Crippen LogP contribution in [-0.4, -0.2) is 41.7 Å². The van der Waals surface area contributed by atoms with Gasteiger partial charge in [-0.2, -0.15) is 0 Å². The van der Waals surface area contributed by atoms with Crippen LogP contribution in [0.15, 0.2) is 24.8 Å². The fourth-order valence-electron chi connectivity index (χ4n) is 2.73. The van der Waals surface area contributed by atoms with Gasteiger partial charge in [0.2, 0.25) is 11.8 Å². The van der Waals surface area contributed by atoms with Crippen molar-refractivity contribution in [1.82, 2.24) is 9.80 Å². The zero-order valence-electron chi connectivity index (χ0n) is 13.8. The van der Waals surface area contributed by atoms with Crippen molar-refractivity contribution in [3.05, 3.63) is 24.8 Å². The maximum atomic E-state index is 12.5. The van der Waals surface area contributed by atoms with Crippen LogP contribution < -0.4 is 0 Å². The Morgan fingerprint density at radius 2 is 1.59 bits per heavy atom. The largest absolute Gasteiger partial charge is 0.332 e. The van der Waals surface area contributed by atoms with Crippen molar-refractivity contribution < 1.29 is 14.4 Å². The first-order chi connectivity index (χ1) is 10.4. The Bertz CT molecular complexity index is 458. The van der Waals surface area contributed by atoms with E-state index in [2.05, 4.69) is 13.5 Å². The molecule has 0 aliphatic carbocycles. The molecule has 22 heavy (non-hydrogen) atoms. The molecule has 0 bridgehead atoms. The van der Waals surface area contributed by atoms with E-state index in [-0.39, 0.29) is 6.42 Å². The number of carbonyl (C=O) groups is 3. The second-order valence-corrected chi connectivity index (χ2v) is 5.76. The number of allylic oxidation sites excluding steroid dienone is 3. The highest BCUT2D eigenvalue weighted by atomic mass is 16.2. The van der Waals surface area contributed by atoms with Gasteiger partial charge in [0.1, 0.15) is 5.41 Å². The Hall–Kier alpha value is -1.91. The van der Waals surface area contributed by atoms with E-state index >= 15 is 0 Å². The summed E-state index contributed by atoms with van der Waals surface area (Å²) in [5.41, 5.74) is -1.24. The third-order valence-electron chi connectivity index (χ3n) is 4.10. The highest BCUT2D eigenvalue weighted by Crippen LogP contribution is 2.36. The molecule has 1 aliphatic heterocycles. The van der Waals surface area contributed by atoms with Gasteiger partial charge in [-0.05, 0) is 25.7 Å². The Labute approximate surface area is 132 Å². The summed E-state index contributed by atoms with van der Waals surface area (Å²) < 4.78 is 0. The molecule has 0 unspecified atom stereocenters. The van der Waals surface area contributed by atoms with Crippen LogP contribution in [0.5, 0.6) is 0 Å². The molecule has 1 aliphatic rings. The highest BCUT2D eigenvalue weighted by Gasteiger charge is 2.53. The van der Waals surface area contributed by atoms with Crippen LogP contribution in [0.2, 0.25) is 0 Å².